The zero-order valence-electron chi connectivity index (χ0n) is 13.1. The van der Waals surface area contributed by atoms with Crippen LogP contribution in [0, 0.1) is 0 Å². The molecule has 0 spiro atoms. The Balaban J connectivity index is 2.22. The van der Waals surface area contributed by atoms with Crippen LogP contribution in [0.4, 0.5) is 0 Å². The molecule has 114 valence electrons. The number of rotatable bonds is 5. The Morgan fingerprint density at radius 3 is 2.57 bits per heavy atom. The van der Waals surface area contributed by atoms with Gasteiger partial charge in [-0.3, -0.25) is 5.73 Å². The van der Waals surface area contributed by atoms with Gasteiger partial charge in [-0.1, -0.05) is 43.7 Å². The highest BCUT2D eigenvalue weighted by Crippen LogP contribution is 2.27. The van der Waals surface area contributed by atoms with E-state index in [1.807, 2.05) is 17.9 Å². The molecule has 0 amide bonds. The second kappa shape index (κ2) is 6.76. The first-order chi connectivity index (χ1) is 10.0. The fourth-order valence-corrected chi connectivity index (χ4v) is 2.84. The second-order valence-electron chi connectivity index (χ2n) is 5.61. The van der Waals surface area contributed by atoms with E-state index < -0.39 is 6.29 Å². The molecule has 0 saturated carbocycles. The maximum absolute atomic E-state index is 10.1. The molecule has 0 aromatic heterocycles. The van der Waals surface area contributed by atoms with Crippen molar-refractivity contribution in [2.24, 2.45) is 10.7 Å². The van der Waals surface area contributed by atoms with E-state index in [9.17, 15) is 5.11 Å². The fraction of sp³-hybridized carbons (Fsp3) is 0.471. The van der Waals surface area contributed by atoms with Crippen LogP contribution in [-0.2, 0) is 0 Å². The lowest BCUT2D eigenvalue weighted by Crippen LogP contribution is -2.45. The van der Waals surface area contributed by atoms with Gasteiger partial charge in [-0.05, 0) is 25.8 Å². The van der Waals surface area contributed by atoms with Crippen LogP contribution in [0.2, 0.25) is 0 Å². The van der Waals surface area contributed by atoms with E-state index in [4.69, 9.17) is 5.73 Å². The molecule has 0 aliphatic carbocycles. The Morgan fingerprint density at radius 2 is 1.95 bits per heavy atom. The summed E-state index contributed by atoms with van der Waals surface area (Å²) < 4.78 is 0. The summed E-state index contributed by atoms with van der Waals surface area (Å²) in [6.45, 7) is 6.65. The van der Waals surface area contributed by atoms with Crippen LogP contribution in [0.15, 0.2) is 46.8 Å². The molecule has 21 heavy (non-hydrogen) atoms. The Hall–Kier alpha value is -1.81. The van der Waals surface area contributed by atoms with Crippen molar-refractivity contribution in [2.45, 2.75) is 45.8 Å². The number of aliphatic hydroxyl groups is 1. The molecule has 1 aromatic rings. The molecule has 1 aliphatic rings. The lowest BCUT2D eigenvalue weighted by Gasteiger charge is -2.36. The van der Waals surface area contributed by atoms with Gasteiger partial charge < -0.3 is 10.0 Å². The van der Waals surface area contributed by atoms with E-state index in [0.717, 1.165) is 25.1 Å². The molecular weight excluding hydrogens is 262 g/mol. The first-order valence-electron chi connectivity index (χ1n) is 7.56. The molecule has 1 aromatic carbocycles. The van der Waals surface area contributed by atoms with Crippen molar-refractivity contribution in [1.82, 2.24) is 4.90 Å². The van der Waals surface area contributed by atoms with Gasteiger partial charge in [0.25, 0.3) is 0 Å². The summed E-state index contributed by atoms with van der Waals surface area (Å²) in [6.07, 6.45) is 1.79. The minimum atomic E-state index is -0.413. The standard InChI is InChI=1S/C17H25N3O/c1-4-8-15(14-9-6-5-7-10-14)11-20-13(3)16(21)12(2)19-17(20)18/h5-7,9-10,15,17,21H,4,8,11,18H2,1-3H3. The van der Waals surface area contributed by atoms with Gasteiger partial charge in [0, 0.05) is 12.5 Å². The Bertz CT molecular complexity index is 536. The van der Waals surface area contributed by atoms with Gasteiger partial charge in [-0.25, -0.2) is 4.99 Å². The fourth-order valence-electron chi connectivity index (χ4n) is 2.84. The van der Waals surface area contributed by atoms with Crippen molar-refractivity contribution in [3.63, 3.8) is 0 Å². The highest BCUT2D eigenvalue weighted by atomic mass is 16.3. The maximum atomic E-state index is 10.1. The summed E-state index contributed by atoms with van der Waals surface area (Å²) in [5.74, 6) is 0.638. The third-order valence-electron chi connectivity index (χ3n) is 4.09. The van der Waals surface area contributed by atoms with Crippen molar-refractivity contribution >= 4 is 5.71 Å². The van der Waals surface area contributed by atoms with Gasteiger partial charge in [-0.15, -0.1) is 0 Å². The van der Waals surface area contributed by atoms with Crippen LogP contribution < -0.4 is 5.73 Å². The largest absolute Gasteiger partial charge is 0.504 e. The number of nitrogens with zero attached hydrogens (tertiary/aromatic N) is 2. The summed E-state index contributed by atoms with van der Waals surface area (Å²) in [6, 6.07) is 10.5. The van der Waals surface area contributed by atoms with Crippen LogP contribution in [0.5, 0.6) is 0 Å². The predicted molar refractivity (Wildman–Crippen MR) is 87.2 cm³/mol. The highest BCUT2D eigenvalue weighted by molar-refractivity contribution is 5.97. The lowest BCUT2D eigenvalue weighted by atomic mass is 9.93. The van der Waals surface area contributed by atoms with Crippen molar-refractivity contribution in [2.75, 3.05) is 6.54 Å². The molecule has 4 nitrogen and oxygen atoms in total. The van der Waals surface area contributed by atoms with Crippen molar-refractivity contribution in [3.8, 4) is 0 Å². The molecule has 4 heteroatoms. The van der Waals surface area contributed by atoms with Crippen molar-refractivity contribution in [1.29, 1.82) is 0 Å². The third kappa shape index (κ3) is 3.45. The van der Waals surface area contributed by atoms with E-state index in [1.54, 1.807) is 6.92 Å². The summed E-state index contributed by atoms with van der Waals surface area (Å²) in [7, 11) is 0. The first kappa shape index (κ1) is 15.6. The van der Waals surface area contributed by atoms with Gasteiger partial charge >= 0.3 is 0 Å². The number of aliphatic imine (C=N–C) groups is 1. The first-order valence-corrected chi connectivity index (χ1v) is 7.56. The number of allylic oxidation sites excluding steroid dienone is 2. The van der Waals surface area contributed by atoms with Gasteiger partial charge in [0.2, 0.25) is 0 Å². The smallest absolute Gasteiger partial charge is 0.174 e. The van der Waals surface area contributed by atoms with Gasteiger partial charge in [-0.2, -0.15) is 0 Å². The van der Waals surface area contributed by atoms with E-state index in [2.05, 4.69) is 36.2 Å². The normalized spacial score (nSPS) is 20.5. The third-order valence-corrected chi connectivity index (χ3v) is 4.09. The number of benzene rings is 1. The van der Waals surface area contributed by atoms with E-state index in [0.29, 0.717) is 11.6 Å². The molecule has 0 saturated heterocycles. The number of nitrogens with two attached hydrogens (primary N) is 1. The average Bonchev–Trinajstić information content (AvgIpc) is 2.49. The SMILES string of the molecule is CCCC(CN1C(C)=C(O)C(C)=NC1N)c1ccccc1. The summed E-state index contributed by atoms with van der Waals surface area (Å²) in [5.41, 5.74) is 8.87. The highest BCUT2D eigenvalue weighted by Gasteiger charge is 2.26. The molecule has 1 heterocycles. The number of hydrogen-bond acceptors (Lipinski definition) is 4. The van der Waals surface area contributed by atoms with E-state index >= 15 is 0 Å². The summed E-state index contributed by atoms with van der Waals surface area (Å²) in [4.78, 5) is 6.31. The van der Waals surface area contributed by atoms with E-state index in [-0.39, 0.29) is 5.76 Å². The molecule has 2 rings (SSSR count). The van der Waals surface area contributed by atoms with Crippen LogP contribution in [0.25, 0.3) is 0 Å². The van der Waals surface area contributed by atoms with Gasteiger partial charge in [0.05, 0.1) is 11.4 Å². The molecule has 2 unspecified atom stereocenters. The molecule has 0 radical (unpaired) electrons. The summed E-state index contributed by atoms with van der Waals surface area (Å²) in [5, 5.41) is 10.1. The second-order valence-corrected chi connectivity index (χ2v) is 5.61. The molecular formula is C17H25N3O. The van der Waals surface area contributed by atoms with Crippen LogP contribution in [-0.4, -0.2) is 28.6 Å². The zero-order valence-corrected chi connectivity index (χ0v) is 13.1. The Kier molecular flexibility index (Phi) is 5.02. The molecule has 0 bridgehead atoms. The average molecular weight is 287 g/mol. The van der Waals surface area contributed by atoms with Crippen LogP contribution in [0.1, 0.15) is 45.1 Å². The topological polar surface area (TPSA) is 61.8 Å². The van der Waals surface area contributed by atoms with Gasteiger partial charge in [0.1, 0.15) is 0 Å². The molecule has 3 N–H and O–H groups in total. The Labute approximate surface area is 127 Å². The minimum Gasteiger partial charge on any atom is -0.504 e. The summed E-state index contributed by atoms with van der Waals surface area (Å²) >= 11 is 0. The lowest BCUT2D eigenvalue weighted by molar-refractivity contribution is 0.222. The zero-order chi connectivity index (χ0) is 15.4. The van der Waals surface area contributed by atoms with Gasteiger partial charge in [0.15, 0.2) is 12.0 Å². The minimum absolute atomic E-state index is 0.250. The van der Waals surface area contributed by atoms with Crippen molar-refractivity contribution < 1.29 is 5.11 Å². The number of aliphatic hydroxyl groups excluding tert-OH is 1. The van der Waals surface area contributed by atoms with E-state index in [1.165, 1.54) is 5.56 Å². The van der Waals surface area contributed by atoms with Crippen LogP contribution in [0.3, 0.4) is 0 Å². The monoisotopic (exact) mass is 287 g/mol. The molecule has 0 fully saturated rings. The molecule has 1 aliphatic heterocycles. The number of hydrogen-bond donors (Lipinski definition) is 2. The van der Waals surface area contributed by atoms with Crippen molar-refractivity contribution in [3.05, 3.63) is 47.4 Å². The quantitative estimate of drug-likeness (QED) is 0.872. The molecule has 2 atom stereocenters. The Morgan fingerprint density at radius 1 is 1.29 bits per heavy atom. The van der Waals surface area contributed by atoms with Crippen LogP contribution >= 0.6 is 0 Å². The predicted octanol–water partition coefficient (Wildman–Crippen LogP) is 3.38. The maximum Gasteiger partial charge on any atom is 0.174 e.